The van der Waals surface area contributed by atoms with E-state index in [1.807, 2.05) is 41.9 Å². The number of aliphatic hydroxyl groups is 1. The maximum Gasteiger partial charge on any atom is 0.226 e. The number of aryl methyl sites for hydroxylation is 1. The fourth-order valence-corrected chi connectivity index (χ4v) is 4.46. The van der Waals surface area contributed by atoms with Crippen LogP contribution >= 0.6 is 11.3 Å². The van der Waals surface area contributed by atoms with E-state index in [0.29, 0.717) is 13.0 Å². The van der Waals surface area contributed by atoms with Crippen molar-refractivity contribution in [2.75, 3.05) is 11.9 Å². The van der Waals surface area contributed by atoms with Gasteiger partial charge in [-0.15, -0.1) is 11.3 Å². The molecule has 3 heterocycles. The van der Waals surface area contributed by atoms with Gasteiger partial charge in [-0.2, -0.15) is 5.10 Å². The van der Waals surface area contributed by atoms with Crippen molar-refractivity contribution in [1.82, 2.24) is 9.78 Å². The van der Waals surface area contributed by atoms with Crippen molar-refractivity contribution in [3.8, 4) is 11.8 Å². The van der Waals surface area contributed by atoms with Crippen LogP contribution in [0.25, 0.3) is 0 Å². The summed E-state index contributed by atoms with van der Waals surface area (Å²) in [6.07, 6.45) is 0.401. The second-order valence-electron chi connectivity index (χ2n) is 6.46. The van der Waals surface area contributed by atoms with Gasteiger partial charge in [-0.25, -0.2) is 4.68 Å². The lowest BCUT2D eigenvalue weighted by atomic mass is 9.91. The molecule has 1 unspecified atom stereocenters. The number of hydrogen-bond donors (Lipinski definition) is 2. The number of thiophene rings is 1. The van der Waals surface area contributed by atoms with E-state index in [1.54, 1.807) is 11.3 Å². The molecule has 2 aromatic heterocycles. The first-order valence-corrected chi connectivity index (χ1v) is 9.58. The molecule has 0 saturated heterocycles. The summed E-state index contributed by atoms with van der Waals surface area (Å²) in [4.78, 5) is 14.4. The monoisotopic (exact) mass is 377 g/mol. The number of rotatable bonds is 3. The third kappa shape index (κ3) is 3.52. The van der Waals surface area contributed by atoms with Gasteiger partial charge in [0.1, 0.15) is 12.4 Å². The van der Waals surface area contributed by atoms with Crippen LogP contribution in [0.4, 0.5) is 5.82 Å². The third-order valence-corrected chi connectivity index (χ3v) is 5.72. The molecule has 2 N–H and O–H groups in total. The molecule has 0 radical (unpaired) electrons. The summed E-state index contributed by atoms with van der Waals surface area (Å²) in [7, 11) is 0. The zero-order chi connectivity index (χ0) is 18.8. The second-order valence-corrected chi connectivity index (χ2v) is 7.57. The number of nitrogens with one attached hydrogen (secondary N) is 1. The van der Waals surface area contributed by atoms with Gasteiger partial charge in [0.25, 0.3) is 0 Å². The molecule has 0 fully saturated rings. The molecule has 6 heteroatoms. The number of aromatic nitrogens is 2. The van der Waals surface area contributed by atoms with E-state index in [-0.39, 0.29) is 18.4 Å². The Morgan fingerprint density at radius 1 is 1.30 bits per heavy atom. The van der Waals surface area contributed by atoms with Gasteiger partial charge in [-0.1, -0.05) is 42.2 Å². The van der Waals surface area contributed by atoms with Gasteiger partial charge >= 0.3 is 0 Å². The Balaban J connectivity index is 1.72. The lowest BCUT2D eigenvalue weighted by molar-refractivity contribution is -0.116. The highest BCUT2D eigenvalue weighted by atomic mass is 32.1. The number of carbonyl (C=O) groups excluding carboxylic acids is 1. The third-order valence-electron chi connectivity index (χ3n) is 4.61. The Hall–Kier alpha value is -2.88. The van der Waals surface area contributed by atoms with Gasteiger partial charge in [-0.3, -0.25) is 4.79 Å². The Bertz CT molecular complexity index is 1040. The molecular formula is C21H19N3O2S. The SMILES string of the molecule is Cc1nn(Cc2ccccc2)c2c1C(c1ccc(C#CCO)s1)CC(=O)N2. The van der Waals surface area contributed by atoms with E-state index in [9.17, 15) is 4.79 Å². The van der Waals surface area contributed by atoms with Crippen molar-refractivity contribution in [2.45, 2.75) is 25.8 Å². The average Bonchev–Trinajstić information content (AvgIpc) is 3.25. The minimum Gasteiger partial charge on any atom is -0.384 e. The van der Waals surface area contributed by atoms with Crippen molar-refractivity contribution < 1.29 is 9.90 Å². The molecule has 0 spiro atoms. The molecule has 5 nitrogen and oxygen atoms in total. The molecule has 0 aliphatic carbocycles. The number of benzene rings is 1. The number of anilines is 1. The summed E-state index contributed by atoms with van der Waals surface area (Å²) in [6, 6.07) is 14.1. The Labute approximate surface area is 161 Å². The van der Waals surface area contributed by atoms with E-state index in [0.717, 1.165) is 32.4 Å². The second kappa shape index (κ2) is 7.39. The standard InChI is InChI=1S/C21H19N3O2S/c1-14-20-17(18-10-9-16(27-18)8-5-11-25)12-19(26)22-21(20)24(23-14)13-15-6-3-2-4-7-15/h2-4,6-7,9-10,17,25H,11-13H2,1H3,(H,22,26). The van der Waals surface area contributed by atoms with E-state index < -0.39 is 0 Å². The highest BCUT2D eigenvalue weighted by Crippen LogP contribution is 2.41. The fourth-order valence-electron chi connectivity index (χ4n) is 3.46. The molecule has 1 atom stereocenters. The minimum atomic E-state index is -0.158. The van der Waals surface area contributed by atoms with Crippen molar-refractivity contribution in [3.05, 3.63) is 69.0 Å². The van der Waals surface area contributed by atoms with E-state index in [2.05, 4.69) is 29.3 Å². The van der Waals surface area contributed by atoms with Gasteiger partial charge in [0, 0.05) is 22.8 Å². The molecule has 3 aromatic rings. The van der Waals surface area contributed by atoms with Crippen molar-refractivity contribution in [1.29, 1.82) is 0 Å². The zero-order valence-electron chi connectivity index (χ0n) is 14.9. The zero-order valence-corrected chi connectivity index (χ0v) is 15.7. The van der Waals surface area contributed by atoms with Gasteiger partial charge < -0.3 is 10.4 Å². The van der Waals surface area contributed by atoms with E-state index in [4.69, 9.17) is 10.2 Å². The van der Waals surface area contributed by atoms with Crippen LogP contribution in [-0.2, 0) is 11.3 Å². The van der Waals surface area contributed by atoms with Crippen LogP contribution in [0.1, 0.15) is 38.9 Å². The quantitative estimate of drug-likeness (QED) is 0.689. The van der Waals surface area contributed by atoms with Gasteiger partial charge in [0.2, 0.25) is 5.91 Å². The van der Waals surface area contributed by atoms with Crippen LogP contribution in [0.15, 0.2) is 42.5 Å². The van der Waals surface area contributed by atoms with Crippen molar-refractivity contribution in [2.24, 2.45) is 0 Å². The topological polar surface area (TPSA) is 67.1 Å². The Morgan fingerprint density at radius 3 is 2.89 bits per heavy atom. The first kappa shape index (κ1) is 17.5. The molecule has 1 aromatic carbocycles. The summed E-state index contributed by atoms with van der Waals surface area (Å²) in [6.45, 7) is 2.45. The summed E-state index contributed by atoms with van der Waals surface area (Å²) in [5.74, 6) is 6.37. The summed E-state index contributed by atoms with van der Waals surface area (Å²) < 4.78 is 1.88. The normalized spacial score (nSPS) is 15.6. The van der Waals surface area contributed by atoms with Crippen LogP contribution < -0.4 is 5.32 Å². The first-order valence-electron chi connectivity index (χ1n) is 8.76. The number of fused-ring (bicyclic) bond motifs is 1. The summed E-state index contributed by atoms with van der Waals surface area (Å²) >= 11 is 1.57. The van der Waals surface area contributed by atoms with Crippen molar-refractivity contribution >= 4 is 23.1 Å². The smallest absolute Gasteiger partial charge is 0.226 e. The number of amides is 1. The first-order chi connectivity index (χ1) is 13.2. The van der Waals surface area contributed by atoms with Crippen molar-refractivity contribution in [3.63, 3.8) is 0 Å². The summed E-state index contributed by atoms with van der Waals surface area (Å²) in [5.41, 5.74) is 3.15. The lowest BCUT2D eigenvalue weighted by Crippen LogP contribution is -2.25. The largest absolute Gasteiger partial charge is 0.384 e. The minimum absolute atomic E-state index is 0.00176. The molecule has 27 heavy (non-hydrogen) atoms. The Kier molecular flexibility index (Phi) is 4.80. The Morgan fingerprint density at radius 2 is 2.11 bits per heavy atom. The maximum absolute atomic E-state index is 12.4. The number of aliphatic hydroxyl groups excluding tert-OH is 1. The molecule has 1 aliphatic heterocycles. The average molecular weight is 377 g/mol. The molecule has 136 valence electrons. The predicted molar refractivity (Wildman–Crippen MR) is 106 cm³/mol. The lowest BCUT2D eigenvalue weighted by Gasteiger charge is -2.23. The van der Waals surface area contributed by atoms with Crippen LogP contribution in [0, 0.1) is 18.8 Å². The number of carbonyl (C=O) groups is 1. The fraction of sp³-hybridized carbons (Fsp3) is 0.238. The molecule has 4 rings (SSSR count). The van der Waals surface area contributed by atoms with E-state index in [1.165, 1.54) is 0 Å². The van der Waals surface area contributed by atoms with Gasteiger partial charge in [-0.05, 0) is 24.6 Å². The molecule has 1 amide bonds. The highest BCUT2D eigenvalue weighted by Gasteiger charge is 2.33. The van der Waals surface area contributed by atoms with Crippen LogP contribution in [0.2, 0.25) is 0 Å². The highest BCUT2D eigenvalue weighted by molar-refractivity contribution is 7.12. The van der Waals surface area contributed by atoms with Crippen LogP contribution in [-0.4, -0.2) is 27.4 Å². The molecule has 1 aliphatic rings. The maximum atomic E-state index is 12.4. The number of hydrogen-bond acceptors (Lipinski definition) is 4. The van der Waals surface area contributed by atoms with Crippen LogP contribution in [0.5, 0.6) is 0 Å². The van der Waals surface area contributed by atoms with E-state index >= 15 is 0 Å². The molecule has 0 bridgehead atoms. The van der Waals surface area contributed by atoms with Gasteiger partial charge in [0.15, 0.2) is 0 Å². The summed E-state index contributed by atoms with van der Waals surface area (Å²) in [5, 5.41) is 16.6. The van der Waals surface area contributed by atoms with Gasteiger partial charge in [0.05, 0.1) is 17.1 Å². The number of nitrogens with zero attached hydrogens (tertiary/aromatic N) is 2. The van der Waals surface area contributed by atoms with Crippen LogP contribution in [0.3, 0.4) is 0 Å². The molecular weight excluding hydrogens is 358 g/mol. The molecule has 0 saturated carbocycles. The predicted octanol–water partition coefficient (Wildman–Crippen LogP) is 3.12.